The molecule has 1 aliphatic rings. The fraction of sp³-hybridized carbons (Fsp3) is 0.435. The van der Waals surface area contributed by atoms with E-state index in [0.29, 0.717) is 34.7 Å². The molecule has 1 N–H and O–H groups in total. The van der Waals surface area contributed by atoms with E-state index in [1.165, 1.54) is 0 Å². The number of thioether (sulfide) groups is 1. The van der Waals surface area contributed by atoms with Crippen LogP contribution in [0.1, 0.15) is 42.1 Å². The lowest BCUT2D eigenvalue weighted by Crippen LogP contribution is -2.33. The molecule has 6 heteroatoms. The summed E-state index contributed by atoms with van der Waals surface area (Å²) in [5, 5.41) is 3.80. The molecular weight excluding hydrogens is 386 g/mol. The van der Waals surface area contributed by atoms with Crippen LogP contribution in [0.15, 0.2) is 42.5 Å². The van der Waals surface area contributed by atoms with Crippen LogP contribution in [-0.2, 0) is 6.61 Å². The minimum Gasteiger partial charge on any atom is -0.493 e. The third-order valence-electron chi connectivity index (χ3n) is 5.07. The first kappa shape index (κ1) is 21.4. The van der Waals surface area contributed by atoms with Gasteiger partial charge in [-0.25, -0.2) is 0 Å². The van der Waals surface area contributed by atoms with Crippen LogP contribution in [0.5, 0.6) is 17.2 Å². The van der Waals surface area contributed by atoms with Gasteiger partial charge in [0, 0.05) is 16.9 Å². The van der Waals surface area contributed by atoms with Gasteiger partial charge in [-0.2, -0.15) is 11.8 Å². The molecule has 0 saturated heterocycles. The first-order valence-corrected chi connectivity index (χ1v) is 11.0. The molecule has 2 aromatic rings. The zero-order chi connectivity index (χ0) is 20.6. The van der Waals surface area contributed by atoms with E-state index in [4.69, 9.17) is 14.2 Å². The van der Waals surface area contributed by atoms with Crippen LogP contribution in [0.25, 0.3) is 0 Å². The van der Waals surface area contributed by atoms with Crippen LogP contribution in [-0.4, -0.2) is 37.2 Å². The molecular formula is C23H29NO4S. The van der Waals surface area contributed by atoms with E-state index in [1.54, 1.807) is 26.4 Å². The minimum absolute atomic E-state index is 0.108. The van der Waals surface area contributed by atoms with Crippen molar-refractivity contribution < 1.29 is 19.0 Å². The number of ether oxygens (including phenoxy) is 3. The normalized spacial score (nSPS) is 18.3. The van der Waals surface area contributed by atoms with Crippen molar-refractivity contribution in [3.63, 3.8) is 0 Å². The summed E-state index contributed by atoms with van der Waals surface area (Å²) >= 11 is 1.98. The Kier molecular flexibility index (Phi) is 7.69. The van der Waals surface area contributed by atoms with Crippen molar-refractivity contribution in [2.45, 2.75) is 44.1 Å². The lowest BCUT2D eigenvalue weighted by molar-refractivity contribution is 0.0937. The standard InChI is InChI=1S/C23H29NO4S/c1-4-29-19-11-10-18(14-19)24-23(25)17-12-20(26-2)22(21(13-17)27-3)28-15-16-8-6-5-7-9-16/h5-9,12-13,18-19H,4,10-11,14-15H2,1-3H3,(H,24,25)/t18-,19-/m1/s1. The average Bonchev–Trinajstić information content (AvgIpc) is 3.19. The van der Waals surface area contributed by atoms with Crippen molar-refractivity contribution in [3.8, 4) is 17.2 Å². The van der Waals surface area contributed by atoms with Gasteiger partial charge in [-0.1, -0.05) is 37.3 Å². The van der Waals surface area contributed by atoms with Gasteiger partial charge in [-0.3, -0.25) is 4.79 Å². The summed E-state index contributed by atoms with van der Waals surface area (Å²) in [6.45, 7) is 2.56. The smallest absolute Gasteiger partial charge is 0.251 e. The largest absolute Gasteiger partial charge is 0.493 e. The lowest BCUT2D eigenvalue weighted by atomic mass is 10.1. The molecule has 2 aromatic carbocycles. The van der Waals surface area contributed by atoms with Gasteiger partial charge < -0.3 is 19.5 Å². The van der Waals surface area contributed by atoms with Crippen LogP contribution in [0.3, 0.4) is 0 Å². The predicted molar refractivity (Wildman–Crippen MR) is 117 cm³/mol. The van der Waals surface area contributed by atoms with Gasteiger partial charge in [0.1, 0.15) is 6.61 Å². The van der Waals surface area contributed by atoms with Gasteiger partial charge in [-0.15, -0.1) is 0 Å². The van der Waals surface area contributed by atoms with E-state index in [9.17, 15) is 4.79 Å². The van der Waals surface area contributed by atoms with Gasteiger partial charge in [0.25, 0.3) is 5.91 Å². The minimum atomic E-state index is -0.108. The molecule has 0 spiro atoms. The van der Waals surface area contributed by atoms with Crippen LogP contribution >= 0.6 is 11.8 Å². The third-order valence-corrected chi connectivity index (χ3v) is 6.30. The molecule has 1 aliphatic carbocycles. The fourth-order valence-electron chi connectivity index (χ4n) is 3.61. The van der Waals surface area contributed by atoms with Gasteiger partial charge >= 0.3 is 0 Å². The number of rotatable bonds is 9. The zero-order valence-electron chi connectivity index (χ0n) is 17.3. The average molecular weight is 416 g/mol. The van der Waals surface area contributed by atoms with Crippen molar-refractivity contribution in [1.29, 1.82) is 0 Å². The van der Waals surface area contributed by atoms with Crippen LogP contribution in [0, 0.1) is 0 Å². The topological polar surface area (TPSA) is 56.8 Å². The van der Waals surface area contributed by atoms with Gasteiger partial charge in [0.15, 0.2) is 11.5 Å². The summed E-state index contributed by atoms with van der Waals surface area (Å²) in [4.78, 5) is 12.8. The van der Waals surface area contributed by atoms with Gasteiger partial charge in [0.05, 0.1) is 14.2 Å². The molecule has 0 unspecified atom stereocenters. The fourth-order valence-corrected chi connectivity index (χ4v) is 4.75. The summed E-state index contributed by atoms with van der Waals surface area (Å²) in [6.07, 6.45) is 3.20. The molecule has 156 valence electrons. The molecule has 5 nitrogen and oxygen atoms in total. The van der Waals surface area contributed by atoms with E-state index in [-0.39, 0.29) is 11.9 Å². The molecule has 1 amide bonds. The second-order valence-corrected chi connectivity index (χ2v) is 8.62. The van der Waals surface area contributed by atoms with Crippen molar-refractivity contribution >= 4 is 17.7 Å². The van der Waals surface area contributed by atoms with E-state index >= 15 is 0 Å². The zero-order valence-corrected chi connectivity index (χ0v) is 18.1. The highest BCUT2D eigenvalue weighted by Gasteiger charge is 2.27. The molecule has 0 aromatic heterocycles. The molecule has 1 saturated carbocycles. The summed E-state index contributed by atoms with van der Waals surface area (Å²) in [6, 6.07) is 13.5. The highest BCUT2D eigenvalue weighted by atomic mass is 32.2. The van der Waals surface area contributed by atoms with Gasteiger partial charge in [0.2, 0.25) is 5.75 Å². The van der Waals surface area contributed by atoms with Crippen molar-refractivity contribution in [1.82, 2.24) is 5.32 Å². The summed E-state index contributed by atoms with van der Waals surface area (Å²) in [5.74, 6) is 2.47. The Morgan fingerprint density at radius 2 is 1.79 bits per heavy atom. The molecule has 1 fully saturated rings. The SMILES string of the molecule is CCS[C@@H]1CC[C@@H](NC(=O)c2cc(OC)c(OCc3ccccc3)c(OC)c2)C1. The summed E-state index contributed by atoms with van der Waals surface area (Å²) < 4.78 is 17.0. The van der Waals surface area contributed by atoms with Crippen LogP contribution < -0.4 is 19.5 Å². The number of hydrogen-bond donors (Lipinski definition) is 1. The molecule has 0 bridgehead atoms. The molecule has 29 heavy (non-hydrogen) atoms. The number of nitrogens with one attached hydrogen (secondary N) is 1. The molecule has 0 radical (unpaired) electrons. The maximum absolute atomic E-state index is 12.8. The van der Waals surface area contributed by atoms with Crippen molar-refractivity contribution in [2.24, 2.45) is 0 Å². The molecule has 0 heterocycles. The van der Waals surface area contributed by atoms with Crippen LogP contribution in [0.4, 0.5) is 0 Å². The Morgan fingerprint density at radius 1 is 1.10 bits per heavy atom. The Bertz CT molecular complexity index is 787. The quantitative estimate of drug-likeness (QED) is 0.644. The highest BCUT2D eigenvalue weighted by Crippen LogP contribution is 2.39. The van der Waals surface area contributed by atoms with Crippen LogP contribution in [0.2, 0.25) is 0 Å². The molecule has 3 rings (SSSR count). The number of carbonyl (C=O) groups is 1. The molecule has 0 aliphatic heterocycles. The first-order valence-electron chi connectivity index (χ1n) is 9.99. The van der Waals surface area contributed by atoms with Crippen molar-refractivity contribution in [3.05, 3.63) is 53.6 Å². The number of benzene rings is 2. The second-order valence-electron chi connectivity index (χ2n) is 7.04. The van der Waals surface area contributed by atoms with E-state index in [0.717, 1.165) is 30.6 Å². The lowest BCUT2D eigenvalue weighted by Gasteiger charge is -2.17. The monoisotopic (exact) mass is 415 g/mol. The summed E-state index contributed by atoms with van der Waals surface area (Å²) in [5.41, 5.74) is 1.55. The first-order chi connectivity index (χ1) is 14.1. The second kappa shape index (κ2) is 10.4. The summed E-state index contributed by atoms with van der Waals surface area (Å²) in [7, 11) is 3.13. The Balaban J connectivity index is 1.72. The Hall–Kier alpha value is -2.34. The highest BCUT2D eigenvalue weighted by molar-refractivity contribution is 7.99. The number of amides is 1. The Labute approximate surface area is 177 Å². The number of methoxy groups -OCH3 is 2. The van der Waals surface area contributed by atoms with E-state index in [1.807, 2.05) is 42.1 Å². The maximum atomic E-state index is 12.8. The maximum Gasteiger partial charge on any atom is 0.251 e. The molecule has 2 atom stereocenters. The number of carbonyl (C=O) groups excluding carboxylic acids is 1. The van der Waals surface area contributed by atoms with E-state index < -0.39 is 0 Å². The third kappa shape index (κ3) is 5.60. The van der Waals surface area contributed by atoms with Gasteiger partial charge in [-0.05, 0) is 42.7 Å². The Morgan fingerprint density at radius 3 is 2.41 bits per heavy atom. The predicted octanol–water partition coefficient (Wildman–Crippen LogP) is 4.69. The van der Waals surface area contributed by atoms with E-state index in [2.05, 4.69) is 12.2 Å². The van der Waals surface area contributed by atoms with Crippen molar-refractivity contribution in [2.75, 3.05) is 20.0 Å². The number of hydrogen-bond acceptors (Lipinski definition) is 5.